The van der Waals surface area contributed by atoms with Crippen molar-refractivity contribution >= 4 is 51.0 Å². The highest BCUT2D eigenvalue weighted by molar-refractivity contribution is 8.18. The summed E-state index contributed by atoms with van der Waals surface area (Å²) in [5.74, 6) is -0.724. The van der Waals surface area contributed by atoms with Crippen molar-refractivity contribution in [2.24, 2.45) is 4.99 Å². The van der Waals surface area contributed by atoms with Gasteiger partial charge in [-0.2, -0.15) is 0 Å². The van der Waals surface area contributed by atoms with Crippen molar-refractivity contribution in [2.75, 3.05) is 25.1 Å². The average Bonchev–Trinajstić information content (AvgIpc) is 3.15. The molecule has 0 spiro atoms. The maximum Gasteiger partial charge on any atom is 0.344 e. The molecule has 1 aliphatic rings. The normalized spacial score (nSPS) is 16.1. The summed E-state index contributed by atoms with van der Waals surface area (Å²) in [6, 6.07) is 21.9. The van der Waals surface area contributed by atoms with Gasteiger partial charge in [-0.15, -0.1) is 0 Å². The minimum Gasteiger partial charge on any atom is -0.506 e. The monoisotopic (exact) mass is 458 g/mol. The van der Waals surface area contributed by atoms with E-state index in [2.05, 4.69) is 30.9 Å². The molecule has 1 heterocycles. The molecule has 33 heavy (non-hydrogen) atoms. The highest BCUT2D eigenvalue weighted by Crippen LogP contribution is 2.41. The first-order valence-electron chi connectivity index (χ1n) is 10.9. The minimum absolute atomic E-state index is 0.0847. The van der Waals surface area contributed by atoms with Crippen LogP contribution in [-0.4, -0.2) is 36.3 Å². The first-order valence-corrected chi connectivity index (χ1v) is 11.7. The van der Waals surface area contributed by atoms with Gasteiger partial charge in [-0.25, -0.2) is 9.79 Å². The van der Waals surface area contributed by atoms with Crippen molar-refractivity contribution in [3.63, 3.8) is 0 Å². The lowest BCUT2D eigenvalue weighted by atomic mass is 10.1. The van der Waals surface area contributed by atoms with Crippen LogP contribution in [0, 0.1) is 0 Å². The number of methoxy groups -OCH3 is 1. The molecule has 0 amide bonds. The number of anilines is 1. The quantitative estimate of drug-likeness (QED) is 0.428. The van der Waals surface area contributed by atoms with Gasteiger partial charge >= 0.3 is 5.97 Å². The number of aliphatic imine (C=N–C) groups is 1. The van der Waals surface area contributed by atoms with E-state index in [0.717, 1.165) is 40.8 Å². The molecule has 0 aliphatic carbocycles. The van der Waals surface area contributed by atoms with Gasteiger partial charge in [0, 0.05) is 24.2 Å². The Hall–Kier alpha value is -3.51. The van der Waals surface area contributed by atoms with Crippen LogP contribution in [0.25, 0.3) is 16.8 Å². The van der Waals surface area contributed by atoms with Crippen molar-refractivity contribution in [1.82, 2.24) is 0 Å². The first-order chi connectivity index (χ1) is 16.0. The van der Waals surface area contributed by atoms with E-state index in [-0.39, 0.29) is 11.3 Å². The second-order valence-corrected chi connectivity index (χ2v) is 8.54. The molecular weight excluding hydrogens is 432 g/mol. The zero-order chi connectivity index (χ0) is 23.4. The largest absolute Gasteiger partial charge is 0.506 e. The molecule has 168 valence electrons. The summed E-state index contributed by atoms with van der Waals surface area (Å²) in [5, 5.41) is 13.3. The van der Waals surface area contributed by atoms with Gasteiger partial charge < -0.3 is 14.7 Å². The summed E-state index contributed by atoms with van der Waals surface area (Å²) in [6.07, 6.45) is 1.86. The number of nitrogens with zero attached hydrogens (tertiary/aromatic N) is 2. The molecule has 5 nitrogen and oxygen atoms in total. The second-order valence-electron chi connectivity index (χ2n) is 7.50. The van der Waals surface area contributed by atoms with Crippen LogP contribution < -0.4 is 4.90 Å². The fourth-order valence-electron chi connectivity index (χ4n) is 3.83. The topological polar surface area (TPSA) is 62.1 Å². The number of carbonyl (C=O) groups is 1. The van der Waals surface area contributed by atoms with Crippen LogP contribution in [0.2, 0.25) is 0 Å². The summed E-state index contributed by atoms with van der Waals surface area (Å²) in [6.45, 7) is 6.13. The van der Waals surface area contributed by atoms with Crippen molar-refractivity contribution in [3.8, 4) is 0 Å². The average molecular weight is 459 g/mol. The zero-order valence-electron chi connectivity index (χ0n) is 18.9. The van der Waals surface area contributed by atoms with E-state index in [1.807, 2.05) is 60.7 Å². The standard InChI is InChI=1S/C27H26N2O3S/c1-4-29(5-2)20-15-13-18(14-16-20)17-23-25(30)24(27(31)32-3)26(33-23)28-22-12-8-10-19-9-6-7-11-21(19)22/h6-17,30H,4-5H2,1-3H3/b23-17-,28-26?. The molecule has 0 unspecified atom stereocenters. The third-order valence-electron chi connectivity index (χ3n) is 5.59. The second kappa shape index (κ2) is 9.96. The number of rotatable bonds is 6. The number of ether oxygens (including phenoxy) is 1. The summed E-state index contributed by atoms with van der Waals surface area (Å²) in [7, 11) is 1.30. The molecule has 6 heteroatoms. The Labute approximate surface area is 198 Å². The van der Waals surface area contributed by atoms with E-state index in [1.54, 1.807) is 0 Å². The molecule has 4 rings (SSSR count). The van der Waals surface area contributed by atoms with Gasteiger partial charge in [0.1, 0.15) is 16.4 Å². The molecule has 0 fully saturated rings. The number of hydrogen-bond donors (Lipinski definition) is 1. The fourth-order valence-corrected chi connectivity index (χ4v) is 4.86. The fraction of sp³-hybridized carbons (Fsp3) is 0.185. The van der Waals surface area contributed by atoms with Gasteiger partial charge in [0.15, 0.2) is 0 Å². The minimum atomic E-state index is -0.612. The van der Waals surface area contributed by atoms with E-state index in [0.29, 0.717) is 9.95 Å². The van der Waals surface area contributed by atoms with Crippen LogP contribution in [0.5, 0.6) is 0 Å². The van der Waals surface area contributed by atoms with Gasteiger partial charge in [0.25, 0.3) is 0 Å². The zero-order valence-corrected chi connectivity index (χ0v) is 19.7. The van der Waals surface area contributed by atoms with E-state index >= 15 is 0 Å². The molecule has 0 saturated heterocycles. The smallest absolute Gasteiger partial charge is 0.344 e. The van der Waals surface area contributed by atoms with Crippen LogP contribution in [0.15, 0.2) is 88.0 Å². The molecule has 3 aromatic rings. The summed E-state index contributed by atoms with van der Waals surface area (Å²) >= 11 is 1.26. The SMILES string of the molecule is CCN(CC)c1ccc(/C=C2\SC(=Nc3cccc4ccccc34)C(C(=O)OC)=C2O)cc1. The van der Waals surface area contributed by atoms with E-state index in [9.17, 15) is 9.90 Å². The maximum atomic E-state index is 12.5. The van der Waals surface area contributed by atoms with Crippen LogP contribution in [0.1, 0.15) is 19.4 Å². The van der Waals surface area contributed by atoms with Crippen molar-refractivity contribution in [3.05, 3.63) is 88.5 Å². The summed E-state index contributed by atoms with van der Waals surface area (Å²) < 4.78 is 4.94. The molecule has 1 N–H and O–H groups in total. The molecule has 3 aromatic carbocycles. The van der Waals surface area contributed by atoms with Gasteiger partial charge in [0.2, 0.25) is 0 Å². The third kappa shape index (κ3) is 4.66. The molecule has 0 aromatic heterocycles. The number of aliphatic hydroxyl groups excluding tert-OH is 1. The number of aliphatic hydroxyl groups is 1. The molecule has 0 radical (unpaired) electrons. The molecule has 0 bridgehead atoms. The lowest BCUT2D eigenvalue weighted by Gasteiger charge is -2.20. The van der Waals surface area contributed by atoms with Gasteiger partial charge in [-0.05, 0) is 49.1 Å². The number of esters is 1. The Morgan fingerprint density at radius 1 is 1.03 bits per heavy atom. The van der Waals surface area contributed by atoms with Crippen molar-refractivity contribution < 1.29 is 14.6 Å². The van der Waals surface area contributed by atoms with E-state index in [4.69, 9.17) is 9.73 Å². The maximum absolute atomic E-state index is 12.5. The lowest BCUT2D eigenvalue weighted by molar-refractivity contribution is -0.135. The first kappa shape index (κ1) is 22.7. The van der Waals surface area contributed by atoms with Gasteiger partial charge in [-0.3, -0.25) is 0 Å². The summed E-state index contributed by atoms with van der Waals surface area (Å²) in [4.78, 5) is 20.1. The van der Waals surface area contributed by atoms with E-state index in [1.165, 1.54) is 18.9 Å². The van der Waals surface area contributed by atoms with Crippen LogP contribution in [-0.2, 0) is 9.53 Å². The molecule has 0 atom stereocenters. The summed E-state index contributed by atoms with van der Waals surface area (Å²) in [5.41, 5.74) is 2.89. The van der Waals surface area contributed by atoms with Crippen molar-refractivity contribution in [1.29, 1.82) is 0 Å². The highest BCUT2D eigenvalue weighted by Gasteiger charge is 2.33. The predicted octanol–water partition coefficient (Wildman–Crippen LogP) is 6.49. The number of carbonyl (C=O) groups excluding carboxylic acids is 1. The third-order valence-corrected chi connectivity index (χ3v) is 6.61. The van der Waals surface area contributed by atoms with Gasteiger partial charge in [0.05, 0.1) is 17.7 Å². The van der Waals surface area contributed by atoms with E-state index < -0.39 is 5.97 Å². The number of benzene rings is 3. The highest BCUT2D eigenvalue weighted by atomic mass is 32.2. The molecular formula is C27H26N2O3S. The molecule has 0 saturated carbocycles. The van der Waals surface area contributed by atoms with Crippen LogP contribution >= 0.6 is 11.8 Å². The molecule has 1 aliphatic heterocycles. The predicted molar refractivity (Wildman–Crippen MR) is 138 cm³/mol. The number of thioether (sulfide) groups is 1. The lowest BCUT2D eigenvalue weighted by Crippen LogP contribution is -2.21. The van der Waals surface area contributed by atoms with Crippen LogP contribution in [0.3, 0.4) is 0 Å². The number of fused-ring (bicyclic) bond motifs is 1. The van der Waals surface area contributed by atoms with Crippen molar-refractivity contribution in [2.45, 2.75) is 13.8 Å². The Balaban J connectivity index is 1.73. The number of hydrogen-bond acceptors (Lipinski definition) is 6. The Kier molecular flexibility index (Phi) is 6.84. The van der Waals surface area contributed by atoms with Gasteiger partial charge in [-0.1, -0.05) is 60.3 Å². The Morgan fingerprint density at radius 3 is 2.42 bits per heavy atom. The van der Waals surface area contributed by atoms with Crippen LogP contribution in [0.4, 0.5) is 11.4 Å². The Bertz CT molecular complexity index is 1270. The Morgan fingerprint density at radius 2 is 1.73 bits per heavy atom.